The molecule has 0 rings (SSSR count). The zero-order chi connectivity index (χ0) is 20.2. The maximum atomic E-state index is 12.5. The second-order valence-corrected chi connectivity index (χ2v) is 7.81. The summed E-state index contributed by atoms with van der Waals surface area (Å²) in [6.07, 6.45) is 0.913. The van der Waals surface area contributed by atoms with Crippen molar-refractivity contribution in [2.45, 2.75) is 66.1 Å². The largest absolute Gasteiger partial charge is 0.459 e. The molecular weight excluding hydrogens is 338 g/mol. The van der Waals surface area contributed by atoms with Crippen LogP contribution in [0.5, 0.6) is 0 Å². The molecule has 0 saturated heterocycles. The van der Waals surface area contributed by atoms with Gasteiger partial charge in [0, 0.05) is 13.2 Å². The topological polar surface area (TPSA) is 85.3 Å². The van der Waals surface area contributed by atoms with Gasteiger partial charge >= 0.3 is 5.97 Å². The lowest BCUT2D eigenvalue weighted by molar-refractivity contribution is -0.159. The smallest absolute Gasteiger partial charge is 0.326 e. The van der Waals surface area contributed by atoms with Gasteiger partial charge in [-0.15, -0.1) is 0 Å². The molecule has 7 heteroatoms. The van der Waals surface area contributed by atoms with E-state index in [4.69, 9.17) is 19.3 Å². The molecule has 0 aromatic heterocycles. The third-order valence-corrected chi connectivity index (χ3v) is 3.39. The van der Waals surface area contributed by atoms with Crippen LogP contribution < -0.4 is 0 Å². The van der Waals surface area contributed by atoms with E-state index in [1.165, 1.54) is 4.90 Å². The van der Waals surface area contributed by atoms with Crippen molar-refractivity contribution >= 4 is 11.9 Å². The first-order valence-corrected chi connectivity index (χ1v) is 9.35. The number of carbonyl (C=O) groups is 2. The molecule has 1 atom stereocenters. The molecule has 0 bridgehead atoms. The summed E-state index contributed by atoms with van der Waals surface area (Å²) in [7, 11) is 0. The number of amides is 1. The fourth-order valence-electron chi connectivity index (χ4n) is 2.10. The minimum Gasteiger partial charge on any atom is -0.459 e. The molecule has 0 fully saturated rings. The number of hydrogen-bond acceptors (Lipinski definition) is 6. The number of ether oxygens (including phenoxy) is 3. The van der Waals surface area contributed by atoms with E-state index in [9.17, 15) is 9.59 Å². The highest BCUT2D eigenvalue weighted by atomic mass is 16.6. The van der Waals surface area contributed by atoms with E-state index < -0.39 is 11.6 Å². The Hall–Kier alpha value is -1.18. The van der Waals surface area contributed by atoms with Gasteiger partial charge in [-0.2, -0.15) is 0 Å². The highest BCUT2D eigenvalue weighted by Gasteiger charge is 2.23. The lowest BCUT2D eigenvalue weighted by Crippen LogP contribution is -2.41. The predicted molar refractivity (Wildman–Crippen MR) is 99.8 cm³/mol. The van der Waals surface area contributed by atoms with Crippen LogP contribution in [0.2, 0.25) is 0 Å². The monoisotopic (exact) mass is 375 g/mol. The first kappa shape index (κ1) is 24.8. The van der Waals surface area contributed by atoms with Gasteiger partial charge in [0.25, 0.3) is 0 Å². The Bertz CT molecular complexity index is 405. The summed E-state index contributed by atoms with van der Waals surface area (Å²) in [5.74, 6) is -0.0906. The van der Waals surface area contributed by atoms with Crippen LogP contribution in [0, 0.1) is 5.92 Å². The van der Waals surface area contributed by atoms with E-state index in [1.54, 1.807) is 20.8 Å². The molecule has 26 heavy (non-hydrogen) atoms. The molecule has 0 aliphatic carbocycles. The molecule has 0 saturated carbocycles. The summed E-state index contributed by atoms with van der Waals surface area (Å²) >= 11 is 0. The Morgan fingerprint density at radius 2 is 1.73 bits per heavy atom. The number of nitrogens with zero attached hydrogens (tertiary/aromatic N) is 1. The third-order valence-electron chi connectivity index (χ3n) is 3.39. The van der Waals surface area contributed by atoms with Gasteiger partial charge in [0.2, 0.25) is 5.91 Å². The van der Waals surface area contributed by atoms with Crippen molar-refractivity contribution in [3.8, 4) is 0 Å². The van der Waals surface area contributed by atoms with E-state index in [-0.39, 0.29) is 51.3 Å². The van der Waals surface area contributed by atoms with Crippen LogP contribution in [-0.2, 0) is 23.8 Å². The highest BCUT2D eigenvalue weighted by molar-refractivity contribution is 5.82. The molecule has 0 aliphatic rings. The Morgan fingerprint density at radius 3 is 2.27 bits per heavy atom. The fraction of sp³-hybridized carbons (Fsp3) is 0.895. The Kier molecular flexibility index (Phi) is 12.5. The van der Waals surface area contributed by atoms with Crippen molar-refractivity contribution in [3.63, 3.8) is 0 Å². The molecule has 0 aliphatic heterocycles. The van der Waals surface area contributed by atoms with Gasteiger partial charge in [0.05, 0.1) is 32.3 Å². The molecule has 0 aromatic rings. The van der Waals surface area contributed by atoms with E-state index in [2.05, 4.69) is 13.8 Å². The van der Waals surface area contributed by atoms with E-state index in [0.717, 1.165) is 6.42 Å². The van der Waals surface area contributed by atoms with E-state index in [1.807, 2.05) is 6.92 Å². The number of carbonyl (C=O) groups excluding carboxylic acids is 2. The average molecular weight is 376 g/mol. The van der Waals surface area contributed by atoms with Crippen molar-refractivity contribution in [2.75, 3.05) is 39.5 Å². The summed E-state index contributed by atoms with van der Waals surface area (Å²) < 4.78 is 16.2. The van der Waals surface area contributed by atoms with Gasteiger partial charge in [0.15, 0.2) is 0 Å². The molecule has 0 aromatic carbocycles. The third kappa shape index (κ3) is 14.0. The summed E-state index contributed by atoms with van der Waals surface area (Å²) in [4.78, 5) is 26.0. The maximum absolute atomic E-state index is 12.5. The predicted octanol–water partition coefficient (Wildman–Crippen LogP) is 2.01. The summed E-state index contributed by atoms with van der Waals surface area (Å²) in [6.45, 7) is 12.5. The van der Waals surface area contributed by atoms with Crippen molar-refractivity contribution in [1.29, 1.82) is 0 Å². The second kappa shape index (κ2) is 13.1. The van der Waals surface area contributed by atoms with Gasteiger partial charge in [-0.05, 0) is 40.0 Å². The zero-order valence-corrected chi connectivity index (χ0v) is 17.2. The van der Waals surface area contributed by atoms with Gasteiger partial charge in [0.1, 0.15) is 12.1 Å². The summed E-state index contributed by atoms with van der Waals surface area (Å²) in [5.41, 5.74) is -0.605. The highest BCUT2D eigenvalue weighted by Crippen LogP contribution is 2.10. The van der Waals surface area contributed by atoms with Crippen molar-refractivity contribution in [3.05, 3.63) is 0 Å². The first-order chi connectivity index (χ1) is 12.0. The molecule has 1 amide bonds. The number of aliphatic hydroxyl groups is 1. The van der Waals surface area contributed by atoms with Crippen LogP contribution >= 0.6 is 0 Å². The number of rotatable bonds is 13. The minimum atomic E-state index is -0.605. The van der Waals surface area contributed by atoms with Crippen LogP contribution in [0.1, 0.15) is 54.4 Å². The molecule has 0 radical (unpaired) electrons. The van der Waals surface area contributed by atoms with E-state index >= 15 is 0 Å². The van der Waals surface area contributed by atoms with Crippen LogP contribution in [-0.4, -0.2) is 73.1 Å². The fourth-order valence-corrected chi connectivity index (χ4v) is 2.10. The summed E-state index contributed by atoms with van der Waals surface area (Å²) in [5, 5.41) is 8.76. The Labute approximate surface area is 158 Å². The van der Waals surface area contributed by atoms with Gasteiger partial charge in [-0.3, -0.25) is 9.59 Å². The zero-order valence-electron chi connectivity index (χ0n) is 17.2. The van der Waals surface area contributed by atoms with Crippen LogP contribution in [0.3, 0.4) is 0 Å². The SMILES string of the molecule is CC(C)CCOC(C)CC(=O)N(CCOCCO)CC(=O)OC(C)(C)C. The number of hydrogen-bond donors (Lipinski definition) is 1. The maximum Gasteiger partial charge on any atom is 0.326 e. The van der Waals surface area contributed by atoms with Crippen molar-refractivity contribution < 1.29 is 28.9 Å². The number of aliphatic hydroxyl groups excluding tert-OH is 1. The summed E-state index contributed by atoms with van der Waals surface area (Å²) in [6, 6.07) is 0. The molecule has 0 spiro atoms. The molecular formula is C19H37NO6. The molecule has 0 heterocycles. The Morgan fingerprint density at radius 1 is 1.08 bits per heavy atom. The second-order valence-electron chi connectivity index (χ2n) is 7.81. The van der Waals surface area contributed by atoms with Crippen molar-refractivity contribution in [2.24, 2.45) is 5.92 Å². The van der Waals surface area contributed by atoms with Crippen LogP contribution in [0.4, 0.5) is 0 Å². The average Bonchev–Trinajstić information content (AvgIpc) is 2.47. The van der Waals surface area contributed by atoms with Crippen molar-refractivity contribution in [1.82, 2.24) is 4.90 Å². The van der Waals surface area contributed by atoms with Crippen LogP contribution in [0.25, 0.3) is 0 Å². The lowest BCUT2D eigenvalue weighted by atomic mass is 10.1. The normalized spacial score (nSPS) is 12.9. The first-order valence-electron chi connectivity index (χ1n) is 9.35. The van der Waals surface area contributed by atoms with Gasteiger partial charge in [-0.25, -0.2) is 0 Å². The van der Waals surface area contributed by atoms with Gasteiger partial charge in [-0.1, -0.05) is 13.8 Å². The molecule has 7 nitrogen and oxygen atoms in total. The lowest BCUT2D eigenvalue weighted by Gasteiger charge is -2.26. The van der Waals surface area contributed by atoms with Crippen LogP contribution in [0.15, 0.2) is 0 Å². The molecule has 1 N–H and O–H groups in total. The Balaban J connectivity index is 4.59. The minimum absolute atomic E-state index is 0.0826. The number of esters is 1. The van der Waals surface area contributed by atoms with Gasteiger partial charge < -0.3 is 24.2 Å². The van der Waals surface area contributed by atoms with E-state index in [0.29, 0.717) is 12.5 Å². The molecule has 1 unspecified atom stereocenters. The quantitative estimate of drug-likeness (QED) is 0.391. The standard InChI is InChI=1S/C19H37NO6/c1-15(2)7-10-25-16(3)13-17(22)20(8-11-24-12-9-21)14-18(23)26-19(4,5)6/h15-16,21H,7-14H2,1-6H3. The molecule has 154 valence electrons.